The van der Waals surface area contributed by atoms with Crippen molar-refractivity contribution in [2.45, 2.75) is 45.3 Å². The fourth-order valence-electron chi connectivity index (χ4n) is 2.47. The molecule has 0 aliphatic carbocycles. The minimum absolute atomic E-state index is 0.0368. The van der Waals surface area contributed by atoms with Crippen molar-refractivity contribution in [2.75, 3.05) is 13.1 Å². The maximum Gasteiger partial charge on any atom is 0.410 e. The molecule has 1 fully saturated rings. The molecule has 1 saturated heterocycles. The first-order chi connectivity index (χ1) is 9.26. The van der Waals surface area contributed by atoms with Crippen LogP contribution in [0.3, 0.4) is 0 Å². The van der Waals surface area contributed by atoms with Gasteiger partial charge < -0.3 is 15.4 Å². The summed E-state index contributed by atoms with van der Waals surface area (Å²) in [6.45, 7) is 8.85. The van der Waals surface area contributed by atoms with Crippen LogP contribution in [0.15, 0.2) is 24.3 Å². The smallest absolute Gasteiger partial charge is 0.410 e. The number of amides is 1. The molecule has 0 bridgehead atoms. The summed E-state index contributed by atoms with van der Waals surface area (Å²) in [5.41, 5.74) is 8.14. The Labute approximate surface area is 120 Å². The highest BCUT2D eigenvalue weighted by Gasteiger charge is 2.35. The van der Waals surface area contributed by atoms with Crippen molar-refractivity contribution in [3.8, 4) is 0 Å². The van der Waals surface area contributed by atoms with Gasteiger partial charge >= 0.3 is 6.09 Å². The highest BCUT2D eigenvalue weighted by atomic mass is 16.6. The van der Waals surface area contributed by atoms with E-state index in [9.17, 15) is 4.79 Å². The van der Waals surface area contributed by atoms with Crippen LogP contribution in [-0.4, -0.2) is 35.7 Å². The number of benzene rings is 1. The van der Waals surface area contributed by atoms with Gasteiger partial charge in [-0.3, -0.25) is 0 Å². The van der Waals surface area contributed by atoms with Crippen LogP contribution in [-0.2, 0) is 4.74 Å². The van der Waals surface area contributed by atoms with Gasteiger partial charge in [0, 0.05) is 25.0 Å². The van der Waals surface area contributed by atoms with Crippen molar-refractivity contribution >= 4 is 6.09 Å². The van der Waals surface area contributed by atoms with E-state index in [1.54, 1.807) is 4.90 Å². The predicted molar refractivity (Wildman–Crippen MR) is 79.7 cm³/mol. The van der Waals surface area contributed by atoms with Crippen LogP contribution in [0.25, 0.3) is 0 Å². The van der Waals surface area contributed by atoms with E-state index in [0.717, 1.165) is 0 Å². The maximum absolute atomic E-state index is 12.1. The van der Waals surface area contributed by atoms with Crippen molar-refractivity contribution in [2.24, 2.45) is 5.73 Å². The van der Waals surface area contributed by atoms with E-state index >= 15 is 0 Å². The van der Waals surface area contributed by atoms with Gasteiger partial charge in [-0.15, -0.1) is 0 Å². The van der Waals surface area contributed by atoms with Gasteiger partial charge in [-0.25, -0.2) is 4.79 Å². The van der Waals surface area contributed by atoms with E-state index < -0.39 is 5.60 Å². The molecule has 4 heteroatoms. The second-order valence-electron chi connectivity index (χ2n) is 6.57. The quantitative estimate of drug-likeness (QED) is 0.858. The van der Waals surface area contributed by atoms with Crippen LogP contribution >= 0.6 is 0 Å². The molecule has 2 atom stereocenters. The molecule has 2 rings (SSSR count). The van der Waals surface area contributed by atoms with Crippen LogP contribution in [0.1, 0.15) is 37.8 Å². The number of carbonyl (C=O) groups excluding carboxylic acids is 1. The lowest BCUT2D eigenvalue weighted by atomic mass is 9.94. The Hall–Kier alpha value is -1.55. The Bertz CT molecular complexity index is 476. The molecule has 1 aliphatic rings. The zero-order chi connectivity index (χ0) is 14.9. The van der Waals surface area contributed by atoms with Gasteiger partial charge in [0.25, 0.3) is 0 Å². The van der Waals surface area contributed by atoms with Crippen molar-refractivity contribution in [3.05, 3.63) is 35.4 Å². The van der Waals surface area contributed by atoms with Gasteiger partial charge in [0.05, 0.1) is 0 Å². The molecule has 1 aromatic carbocycles. The summed E-state index contributed by atoms with van der Waals surface area (Å²) >= 11 is 0. The number of nitrogens with zero attached hydrogens (tertiary/aromatic N) is 1. The van der Waals surface area contributed by atoms with Crippen molar-refractivity contribution in [1.29, 1.82) is 0 Å². The fourth-order valence-corrected chi connectivity index (χ4v) is 2.47. The molecule has 0 aromatic heterocycles. The second kappa shape index (κ2) is 5.44. The highest BCUT2D eigenvalue weighted by Crippen LogP contribution is 2.27. The molecule has 110 valence electrons. The summed E-state index contributed by atoms with van der Waals surface area (Å²) in [4.78, 5) is 13.8. The molecule has 0 spiro atoms. The highest BCUT2D eigenvalue weighted by molar-refractivity contribution is 5.69. The lowest BCUT2D eigenvalue weighted by Gasteiger charge is -2.24. The molecule has 20 heavy (non-hydrogen) atoms. The summed E-state index contributed by atoms with van der Waals surface area (Å²) in [6, 6.07) is 8.32. The number of aryl methyl sites for hydroxylation is 1. The Morgan fingerprint density at radius 2 is 1.85 bits per heavy atom. The van der Waals surface area contributed by atoms with Crippen LogP contribution < -0.4 is 5.73 Å². The van der Waals surface area contributed by atoms with Gasteiger partial charge in [-0.1, -0.05) is 29.8 Å². The lowest BCUT2D eigenvalue weighted by Crippen LogP contribution is -2.36. The third kappa shape index (κ3) is 3.51. The Morgan fingerprint density at radius 3 is 2.40 bits per heavy atom. The van der Waals surface area contributed by atoms with Gasteiger partial charge in [0.15, 0.2) is 0 Å². The Balaban J connectivity index is 2.05. The van der Waals surface area contributed by atoms with E-state index in [1.165, 1.54) is 11.1 Å². The van der Waals surface area contributed by atoms with Gasteiger partial charge in [-0.2, -0.15) is 0 Å². The molecule has 0 saturated carbocycles. The minimum Gasteiger partial charge on any atom is -0.444 e. The minimum atomic E-state index is -0.469. The third-order valence-corrected chi connectivity index (χ3v) is 3.52. The normalized spacial score (nSPS) is 22.9. The standard InChI is InChI=1S/C16H24N2O2/c1-11-5-7-12(8-6-11)13-9-18(10-14(13)17)15(19)20-16(2,3)4/h5-8,13-14H,9-10,17H2,1-4H3/t13-,14-/m0/s1. The Kier molecular flexibility index (Phi) is 4.04. The number of nitrogens with two attached hydrogens (primary N) is 1. The molecular formula is C16H24N2O2. The summed E-state index contributed by atoms with van der Waals surface area (Å²) in [7, 11) is 0. The molecule has 0 unspecified atom stereocenters. The zero-order valence-corrected chi connectivity index (χ0v) is 12.7. The van der Waals surface area contributed by atoms with Crippen molar-refractivity contribution in [1.82, 2.24) is 4.90 Å². The molecule has 1 aromatic rings. The first-order valence-corrected chi connectivity index (χ1v) is 7.06. The number of likely N-dealkylation sites (tertiary alicyclic amines) is 1. The van der Waals surface area contributed by atoms with Gasteiger partial charge in [0.1, 0.15) is 5.60 Å². The van der Waals surface area contributed by atoms with E-state index in [-0.39, 0.29) is 18.1 Å². The molecule has 1 aliphatic heterocycles. The van der Waals surface area contributed by atoms with E-state index in [4.69, 9.17) is 10.5 Å². The lowest BCUT2D eigenvalue weighted by molar-refractivity contribution is 0.0290. The van der Waals surface area contributed by atoms with E-state index in [1.807, 2.05) is 20.8 Å². The number of hydrogen-bond acceptors (Lipinski definition) is 3. The van der Waals surface area contributed by atoms with Crippen LogP contribution in [0.4, 0.5) is 4.79 Å². The summed E-state index contributed by atoms with van der Waals surface area (Å²) < 4.78 is 5.40. The van der Waals surface area contributed by atoms with Gasteiger partial charge in [-0.05, 0) is 33.3 Å². The second-order valence-corrected chi connectivity index (χ2v) is 6.57. The SMILES string of the molecule is Cc1ccc([C@@H]2CN(C(=O)OC(C)(C)C)C[C@@H]2N)cc1. The number of rotatable bonds is 1. The zero-order valence-electron chi connectivity index (χ0n) is 12.7. The third-order valence-electron chi connectivity index (χ3n) is 3.52. The molecule has 1 heterocycles. The van der Waals surface area contributed by atoms with Crippen molar-refractivity contribution in [3.63, 3.8) is 0 Å². The average molecular weight is 276 g/mol. The topological polar surface area (TPSA) is 55.6 Å². The fraction of sp³-hybridized carbons (Fsp3) is 0.562. The van der Waals surface area contributed by atoms with Crippen LogP contribution in [0.5, 0.6) is 0 Å². The first-order valence-electron chi connectivity index (χ1n) is 7.06. The molecule has 1 amide bonds. The van der Waals surface area contributed by atoms with Gasteiger partial charge in [0.2, 0.25) is 0 Å². The predicted octanol–water partition coefficient (Wildman–Crippen LogP) is 2.66. The molecule has 4 nitrogen and oxygen atoms in total. The molecular weight excluding hydrogens is 252 g/mol. The molecule has 2 N–H and O–H groups in total. The van der Waals surface area contributed by atoms with E-state index in [0.29, 0.717) is 13.1 Å². The number of carbonyl (C=O) groups is 1. The van der Waals surface area contributed by atoms with Crippen LogP contribution in [0.2, 0.25) is 0 Å². The summed E-state index contributed by atoms with van der Waals surface area (Å²) in [6.07, 6.45) is -0.275. The number of ether oxygens (including phenoxy) is 1. The summed E-state index contributed by atoms with van der Waals surface area (Å²) in [5, 5.41) is 0. The molecule has 0 radical (unpaired) electrons. The monoisotopic (exact) mass is 276 g/mol. The number of hydrogen-bond donors (Lipinski definition) is 1. The van der Waals surface area contributed by atoms with E-state index in [2.05, 4.69) is 31.2 Å². The largest absolute Gasteiger partial charge is 0.444 e. The summed E-state index contributed by atoms with van der Waals surface area (Å²) in [5.74, 6) is 0.183. The first kappa shape index (κ1) is 14.9. The van der Waals surface area contributed by atoms with Crippen molar-refractivity contribution < 1.29 is 9.53 Å². The average Bonchev–Trinajstić information content (AvgIpc) is 2.70. The Morgan fingerprint density at radius 1 is 1.25 bits per heavy atom. The maximum atomic E-state index is 12.1. The van der Waals surface area contributed by atoms with Crippen LogP contribution in [0, 0.1) is 6.92 Å².